The first-order valence-electron chi connectivity index (χ1n) is 5.41. The molecule has 94 valence electrons. The molecule has 1 aromatic carbocycles. The molecule has 1 amide bonds. The van der Waals surface area contributed by atoms with E-state index in [9.17, 15) is 9.90 Å². The molecule has 0 atom stereocenters. The fraction of sp³-hybridized carbons (Fsp3) is 0.154. The number of hydrogen-bond acceptors (Lipinski definition) is 4. The lowest BCUT2D eigenvalue weighted by Crippen LogP contribution is -2.22. The number of carbonyl (C=O) groups excluding carboxylic acids is 1. The Labute approximate surface area is 109 Å². The summed E-state index contributed by atoms with van der Waals surface area (Å²) in [6, 6.07) is 5.89. The molecule has 0 aliphatic heterocycles. The second kappa shape index (κ2) is 5.10. The van der Waals surface area contributed by atoms with Gasteiger partial charge in [0.05, 0.1) is 12.1 Å². The molecule has 0 saturated carbocycles. The topological polar surface area (TPSA) is 69.6 Å². The fourth-order valence-electron chi connectivity index (χ4n) is 1.55. The van der Waals surface area contributed by atoms with Crippen LogP contribution in [-0.2, 0) is 6.54 Å². The smallest absolute Gasteiger partial charge is 0.255 e. The van der Waals surface area contributed by atoms with Crippen molar-refractivity contribution in [2.24, 2.45) is 0 Å². The van der Waals surface area contributed by atoms with E-state index in [0.717, 1.165) is 16.5 Å². The lowest BCUT2D eigenvalue weighted by molar-refractivity contribution is 0.0948. The summed E-state index contributed by atoms with van der Waals surface area (Å²) in [5.74, 6) is -0.658. The third kappa shape index (κ3) is 2.62. The molecule has 0 radical (unpaired) electrons. The minimum atomic E-state index is -0.361. The molecule has 18 heavy (non-hydrogen) atoms. The molecule has 0 bridgehead atoms. The number of benzene rings is 1. The van der Waals surface area contributed by atoms with E-state index in [1.165, 1.54) is 12.1 Å². The highest BCUT2D eigenvalue weighted by atomic mass is 32.1. The monoisotopic (exact) mass is 263 g/mol. The molecule has 0 saturated heterocycles. The van der Waals surface area contributed by atoms with Crippen molar-refractivity contribution in [2.75, 3.05) is 0 Å². The lowest BCUT2D eigenvalue weighted by Gasteiger charge is -2.06. The molecule has 0 aliphatic rings. The number of nitrogens with one attached hydrogen (secondary N) is 1. The minimum absolute atomic E-state index is 0.0712. The summed E-state index contributed by atoms with van der Waals surface area (Å²) in [7, 11) is 0. The average Bonchev–Trinajstić information content (AvgIpc) is 2.72. The Morgan fingerprint density at radius 3 is 2.72 bits per heavy atom. The second-order valence-corrected chi connectivity index (χ2v) is 4.91. The van der Waals surface area contributed by atoms with Gasteiger partial charge >= 0.3 is 0 Å². The van der Waals surface area contributed by atoms with Gasteiger partial charge in [-0.2, -0.15) is 0 Å². The van der Waals surface area contributed by atoms with Crippen LogP contribution < -0.4 is 5.32 Å². The van der Waals surface area contributed by atoms with Crippen LogP contribution in [0.15, 0.2) is 29.6 Å². The van der Waals surface area contributed by atoms with Crippen molar-refractivity contribution < 1.29 is 15.0 Å². The largest absolute Gasteiger partial charge is 0.508 e. The number of amides is 1. The van der Waals surface area contributed by atoms with Crippen molar-refractivity contribution in [3.8, 4) is 11.5 Å². The first kappa shape index (κ1) is 12.4. The van der Waals surface area contributed by atoms with Crippen molar-refractivity contribution in [3.63, 3.8) is 0 Å². The number of phenolic OH excluding ortho intramolecular Hbond substituents is 2. The summed E-state index contributed by atoms with van der Waals surface area (Å²) >= 11 is 1.58. The van der Waals surface area contributed by atoms with Crippen LogP contribution in [0.3, 0.4) is 0 Å². The number of hydrogen-bond donors (Lipinski definition) is 3. The Morgan fingerprint density at radius 1 is 1.33 bits per heavy atom. The molecule has 0 unspecified atom stereocenters. The SMILES string of the molecule is Cc1ccsc1CNC(=O)c1ccc(O)cc1O. The quantitative estimate of drug-likeness (QED) is 0.796. The van der Waals surface area contributed by atoms with Crippen LogP contribution in [0.4, 0.5) is 0 Å². The van der Waals surface area contributed by atoms with Gasteiger partial charge in [-0.05, 0) is 36.1 Å². The van der Waals surface area contributed by atoms with E-state index in [0.29, 0.717) is 6.54 Å². The van der Waals surface area contributed by atoms with E-state index in [4.69, 9.17) is 5.11 Å². The molecule has 0 aliphatic carbocycles. The van der Waals surface area contributed by atoms with Gasteiger partial charge in [0.15, 0.2) is 0 Å². The number of aryl methyl sites for hydroxylation is 1. The van der Waals surface area contributed by atoms with Crippen molar-refractivity contribution in [2.45, 2.75) is 13.5 Å². The van der Waals surface area contributed by atoms with E-state index in [2.05, 4.69) is 5.32 Å². The molecule has 1 heterocycles. The van der Waals surface area contributed by atoms with Gasteiger partial charge in [-0.15, -0.1) is 11.3 Å². The molecule has 2 aromatic rings. The van der Waals surface area contributed by atoms with Crippen LogP contribution in [0.5, 0.6) is 11.5 Å². The maximum absolute atomic E-state index is 11.8. The van der Waals surface area contributed by atoms with Crippen LogP contribution in [0.25, 0.3) is 0 Å². The molecule has 2 rings (SSSR count). The summed E-state index contributed by atoms with van der Waals surface area (Å²) in [6.45, 7) is 2.42. The Morgan fingerprint density at radius 2 is 2.11 bits per heavy atom. The highest BCUT2D eigenvalue weighted by Gasteiger charge is 2.11. The summed E-state index contributed by atoms with van der Waals surface area (Å²) < 4.78 is 0. The van der Waals surface area contributed by atoms with Gasteiger partial charge in [-0.25, -0.2) is 0 Å². The Kier molecular flexibility index (Phi) is 3.53. The highest BCUT2D eigenvalue weighted by molar-refractivity contribution is 7.10. The predicted molar refractivity (Wildman–Crippen MR) is 70.0 cm³/mol. The molecule has 0 fully saturated rings. The van der Waals surface area contributed by atoms with Crippen molar-refractivity contribution in [1.29, 1.82) is 0 Å². The minimum Gasteiger partial charge on any atom is -0.508 e. The van der Waals surface area contributed by atoms with E-state index < -0.39 is 0 Å². The zero-order chi connectivity index (χ0) is 13.1. The van der Waals surface area contributed by atoms with Crippen LogP contribution in [0.1, 0.15) is 20.8 Å². The van der Waals surface area contributed by atoms with Gasteiger partial charge in [-0.3, -0.25) is 4.79 Å². The maximum Gasteiger partial charge on any atom is 0.255 e. The Hall–Kier alpha value is -2.01. The van der Waals surface area contributed by atoms with Crippen LogP contribution in [0, 0.1) is 6.92 Å². The average molecular weight is 263 g/mol. The van der Waals surface area contributed by atoms with E-state index in [-0.39, 0.29) is 23.0 Å². The highest BCUT2D eigenvalue weighted by Crippen LogP contribution is 2.22. The number of phenols is 2. The van der Waals surface area contributed by atoms with E-state index >= 15 is 0 Å². The molecule has 1 aromatic heterocycles. The normalized spacial score (nSPS) is 10.3. The Balaban J connectivity index is 2.06. The second-order valence-electron chi connectivity index (χ2n) is 3.91. The molecule has 3 N–H and O–H groups in total. The number of rotatable bonds is 3. The van der Waals surface area contributed by atoms with Crippen molar-refractivity contribution in [1.82, 2.24) is 5.32 Å². The van der Waals surface area contributed by atoms with Gasteiger partial charge in [0, 0.05) is 10.9 Å². The molecule has 0 spiro atoms. The van der Waals surface area contributed by atoms with Gasteiger partial charge in [0.2, 0.25) is 0 Å². The van der Waals surface area contributed by atoms with Gasteiger partial charge < -0.3 is 15.5 Å². The van der Waals surface area contributed by atoms with Gasteiger partial charge in [-0.1, -0.05) is 0 Å². The lowest BCUT2D eigenvalue weighted by atomic mass is 10.1. The molecular formula is C13H13NO3S. The molecule has 5 heteroatoms. The number of thiophene rings is 1. The first-order chi connectivity index (χ1) is 8.58. The third-order valence-corrected chi connectivity index (χ3v) is 3.63. The van der Waals surface area contributed by atoms with Gasteiger partial charge in [0.1, 0.15) is 11.5 Å². The van der Waals surface area contributed by atoms with Crippen LogP contribution in [0.2, 0.25) is 0 Å². The summed E-state index contributed by atoms with van der Waals surface area (Å²) in [4.78, 5) is 12.9. The zero-order valence-corrected chi connectivity index (χ0v) is 10.6. The van der Waals surface area contributed by atoms with E-state index in [1.807, 2.05) is 18.4 Å². The molecule has 4 nitrogen and oxygen atoms in total. The standard InChI is InChI=1S/C13H13NO3S/c1-8-4-5-18-12(8)7-14-13(17)10-3-2-9(15)6-11(10)16/h2-6,15-16H,7H2,1H3,(H,14,17). The van der Waals surface area contributed by atoms with Crippen LogP contribution in [-0.4, -0.2) is 16.1 Å². The third-order valence-electron chi connectivity index (χ3n) is 2.60. The number of aromatic hydroxyl groups is 2. The summed E-state index contributed by atoms with van der Waals surface area (Å²) in [6.07, 6.45) is 0. The van der Waals surface area contributed by atoms with Crippen molar-refractivity contribution in [3.05, 3.63) is 45.6 Å². The number of carbonyl (C=O) groups is 1. The Bertz CT molecular complexity index is 577. The van der Waals surface area contributed by atoms with Crippen molar-refractivity contribution >= 4 is 17.2 Å². The fourth-order valence-corrected chi connectivity index (χ4v) is 2.40. The molecular weight excluding hydrogens is 250 g/mol. The summed E-state index contributed by atoms with van der Waals surface area (Å²) in [5, 5.41) is 23.4. The van der Waals surface area contributed by atoms with Gasteiger partial charge in [0.25, 0.3) is 5.91 Å². The predicted octanol–water partition coefficient (Wildman–Crippen LogP) is 2.40. The first-order valence-corrected chi connectivity index (χ1v) is 6.29. The summed E-state index contributed by atoms with van der Waals surface area (Å²) in [5.41, 5.74) is 1.29. The van der Waals surface area contributed by atoms with Crippen LogP contribution >= 0.6 is 11.3 Å². The maximum atomic E-state index is 11.8. The van der Waals surface area contributed by atoms with E-state index in [1.54, 1.807) is 11.3 Å². The zero-order valence-electron chi connectivity index (χ0n) is 9.80.